The second-order valence-corrected chi connectivity index (χ2v) is 4.03. The van der Waals surface area contributed by atoms with Crippen LogP contribution in [0.15, 0.2) is 29.8 Å². The van der Waals surface area contributed by atoms with Gasteiger partial charge in [0.1, 0.15) is 11.8 Å². The Labute approximate surface area is 62.3 Å². The van der Waals surface area contributed by atoms with Crippen molar-refractivity contribution in [1.82, 2.24) is 4.98 Å². The monoisotopic (exact) mass is 150 g/mol. The minimum atomic E-state index is 0.261. The molecule has 0 aliphatic heterocycles. The van der Waals surface area contributed by atoms with Crippen LogP contribution in [0.5, 0.6) is 0 Å². The molecule has 0 aliphatic carbocycles. The summed E-state index contributed by atoms with van der Waals surface area (Å²) in [7, 11) is 0.261. The molecule has 1 unspecified atom stereocenters. The molecule has 1 aromatic carbocycles. The van der Waals surface area contributed by atoms with Crippen molar-refractivity contribution in [1.29, 1.82) is 0 Å². The molecule has 2 heteroatoms. The first-order valence-electron chi connectivity index (χ1n) is 3.16. The Morgan fingerprint density at radius 2 is 2.10 bits per heavy atom. The fraction of sp³-hybridized carbons (Fsp3) is 0.125. The number of benzene rings is 1. The van der Waals surface area contributed by atoms with Gasteiger partial charge < -0.3 is 0 Å². The maximum Gasteiger partial charge on any atom is 0.230 e. The summed E-state index contributed by atoms with van der Waals surface area (Å²) >= 11 is 0. The molecule has 2 rings (SSSR count). The summed E-state index contributed by atoms with van der Waals surface area (Å²) in [5, 5.41) is 0. The Bertz CT molecular complexity index is 351. The third-order valence-corrected chi connectivity index (χ3v) is 3.02. The Kier molecular flexibility index (Phi) is 1.21. The van der Waals surface area contributed by atoms with E-state index in [1.807, 2.05) is 11.6 Å². The summed E-state index contributed by atoms with van der Waals surface area (Å²) in [5.74, 6) is 0. The summed E-state index contributed by atoms with van der Waals surface area (Å²) in [6.45, 7) is 0. The van der Waals surface area contributed by atoms with Gasteiger partial charge in [0.2, 0.25) is 5.51 Å². The van der Waals surface area contributed by atoms with E-state index in [0.29, 0.717) is 0 Å². The maximum absolute atomic E-state index is 4.27. The zero-order valence-corrected chi connectivity index (χ0v) is 6.56. The quantitative estimate of drug-likeness (QED) is 0.526. The van der Waals surface area contributed by atoms with Crippen LogP contribution in [0.1, 0.15) is 0 Å². The van der Waals surface area contributed by atoms with E-state index in [4.69, 9.17) is 0 Å². The van der Waals surface area contributed by atoms with Gasteiger partial charge in [-0.25, -0.2) is 0 Å². The number of nitrogens with zero attached hydrogens (tertiary/aromatic N) is 1. The number of rotatable bonds is 0. The number of hydrogen-bond acceptors (Lipinski definition) is 1. The highest BCUT2D eigenvalue weighted by molar-refractivity contribution is 7.33. The van der Waals surface area contributed by atoms with Gasteiger partial charge in [-0.1, -0.05) is 12.1 Å². The van der Waals surface area contributed by atoms with Crippen molar-refractivity contribution in [3.63, 3.8) is 0 Å². The van der Waals surface area contributed by atoms with Crippen molar-refractivity contribution in [2.24, 2.45) is 6.26 Å². The normalized spacial score (nSPS) is 12.3. The minimum Gasteiger partial charge on any atom is -0.200 e. The highest BCUT2D eigenvalue weighted by atomic mass is 32.2. The van der Waals surface area contributed by atoms with E-state index in [9.17, 15) is 0 Å². The Morgan fingerprint density at radius 3 is 2.90 bits per heavy atom. The molecular formula is C8H8NS+. The Morgan fingerprint density at radius 1 is 1.30 bits per heavy atom. The highest BCUT2D eigenvalue weighted by Gasteiger charge is 2.05. The van der Waals surface area contributed by atoms with Crippen LogP contribution in [0.2, 0.25) is 0 Å². The van der Waals surface area contributed by atoms with E-state index in [0.717, 1.165) is 5.52 Å². The lowest BCUT2D eigenvalue weighted by molar-refractivity contribution is 1.50. The van der Waals surface area contributed by atoms with E-state index in [1.165, 1.54) is 4.70 Å². The lowest BCUT2D eigenvalue weighted by Gasteiger charge is -1.78. The second-order valence-electron chi connectivity index (χ2n) is 2.26. The average molecular weight is 150 g/mol. The number of hydrogen-bond donors (Lipinski definition) is 0. The van der Waals surface area contributed by atoms with Crippen LogP contribution in [0.4, 0.5) is 0 Å². The molecule has 10 heavy (non-hydrogen) atoms. The van der Waals surface area contributed by atoms with Gasteiger partial charge in [-0.05, 0) is 6.07 Å². The van der Waals surface area contributed by atoms with Crippen molar-refractivity contribution < 1.29 is 0 Å². The van der Waals surface area contributed by atoms with Crippen LogP contribution in [-0.2, 0) is 6.26 Å². The SMILES string of the molecule is C[s+]1cnc2ccccc21. The Hall–Kier alpha value is -0.890. The molecule has 1 aromatic heterocycles. The van der Waals surface area contributed by atoms with E-state index in [2.05, 4.69) is 29.4 Å². The minimum absolute atomic E-state index is 0.261. The van der Waals surface area contributed by atoms with Gasteiger partial charge in [-0.3, -0.25) is 0 Å². The lowest BCUT2D eigenvalue weighted by Crippen LogP contribution is -1.62. The van der Waals surface area contributed by atoms with Crippen molar-refractivity contribution in [3.05, 3.63) is 29.8 Å². The fourth-order valence-corrected chi connectivity index (χ4v) is 2.16. The van der Waals surface area contributed by atoms with Crippen LogP contribution >= 0.6 is 10.5 Å². The maximum atomic E-state index is 4.27. The van der Waals surface area contributed by atoms with Crippen LogP contribution in [0.3, 0.4) is 0 Å². The topological polar surface area (TPSA) is 12.9 Å². The van der Waals surface area contributed by atoms with Gasteiger partial charge >= 0.3 is 0 Å². The Balaban J connectivity index is 2.93. The van der Waals surface area contributed by atoms with E-state index in [-0.39, 0.29) is 10.5 Å². The standard InChI is InChI=1S/C8H8NS/c1-10-6-9-7-4-2-3-5-8(7)10/h2-6H,1H3/q+1. The van der Waals surface area contributed by atoms with Crippen LogP contribution < -0.4 is 0 Å². The zero-order chi connectivity index (χ0) is 6.97. The summed E-state index contributed by atoms with van der Waals surface area (Å²) in [4.78, 5) is 4.27. The number of thiazole rings is 1. The number of aromatic nitrogens is 1. The molecule has 1 atom stereocenters. The molecule has 0 amide bonds. The molecule has 0 saturated heterocycles. The second kappa shape index (κ2) is 2.06. The molecule has 0 spiro atoms. The smallest absolute Gasteiger partial charge is 0.200 e. The zero-order valence-electron chi connectivity index (χ0n) is 5.74. The highest BCUT2D eigenvalue weighted by Crippen LogP contribution is 2.25. The van der Waals surface area contributed by atoms with Gasteiger partial charge in [0, 0.05) is 16.5 Å². The van der Waals surface area contributed by atoms with E-state index in [1.54, 1.807) is 0 Å². The fourth-order valence-electron chi connectivity index (χ4n) is 1.03. The van der Waals surface area contributed by atoms with Crippen molar-refractivity contribution in [2.75, 3.05) is 0 Å². The first kappa shape index (κ1) is 5.86. The molecule has 2 aromatic rings. The molecule has 0 N–H and O–H groups in total. The van der Waals surface area contributed by atoms with Crippen LogP contribution in [0.25, 0.3) is 10.2 Å². The number of fused-ring (bicyclic) bond motifs is 1. The molecule has 0 aliphatic rings. The van der Waals surface area contributed by atoms with Crippen molar-refractivity contribution in [2.45, 2.75) is 0 Å². The van der Waals surface area contributed by atoms with Crippen molar-refractivity contribution in [3.8, 4) is 0 Å². The van der Waals surface area contributed by atoms with Gasteiger partial charge in [0.25, 0.3) is 0 Å². The molecule has 1 nitrogen and oxygen atoms in total. The van der Waals surface area contributed by atoms with Gasteiger partial charge in [0.05, 0.1) is 0 Å². The molecule has 0 radical (unpaired) electrons. The summed E-state index contributed by atoms with van der Waals surface area (Å²) < 4.78 is 1.38. The number of aryl methyl sites for hydroxylation is 1. The average Bonchev–Trinajstić information content (AvgIpc) is 2.34. The van der Waals surface area contributed by atoms with Gasteiger partial charge in [-0.2, -0.15) is 4.98 Å². The molecule has 0 fully saturated rings. The molecular weight excluding hydrogens is 142 g/mol. The third-order valence-electron chi connectivity index (χ3n) is 1.56. The van der Waals surface area contributed by atoms with E-state index >= 15 is 0 Å². The number of para-hydroxylation sites is 1. The first-order valence-corrected chi connectivity index (χ1v) is 4.85. The van der Waals surface area contributed by atoms with Crippen LogP contribution in [0, 0.1) is 0 Å². The third kappa shape index (κ3) is 0.727. The largest absolute Gasteiger partial charge is 0.230 e. The van der Waals surface area contributed by atoms with Crippen molar-refractivity contribution >= 4 is 20.7 Å². The first-order chi connectivity index (χ1) is 4.88. The van der Waals surface area contributed by atoms with Gasteiger partial charge in [-0.15, -0.1) is 0 Å². The van der Waals surface area contributed by atoms with Crippen LogP contribution in [-0.4, -0.2) is 4.98 Å². The molecule has 50 valence electrons. The van der Waals surface area contributed by atoms with E-state index < -0.39 is 0 Å². The molecule has 1 heterocycles. The summed E-state index contributed by atoms with van der Waals surface area (Å²) in [5.41, 5.74) is 3.17. The van der Waals surface area contributed by atoms with Gasteiger partial charge in [0.15, 0.2) is 4.70 Å². The predicted molar refractivity (Wildman–Crippen MR) is 45.2 cm³/mol. The predicted octanol–water partition coefficient (Wildman–Crippen LogP) is 2.52. The summed E-state index contributed by atoms with van der Waals surface area (Å²) in [6, 6.07) is 8.30. The summed E-state index contributed by atoms with van der Waals surface area (Å²) in [6.07, 6.45) is 2.19. The molecule has 0 bridgehead atoms. The lowest BCUT2D eigenvalue weighted by atomic mass is 10.3. The molecule has 0 saturated carbocycles.